The third-order valence-electron chi connectivity index (χ3n) is 3.71. The van der Waals surface area contributed by atoms with Crippen LogP contribution in [0.5, 0.6) is 0 Å². The zero-order valence-corrected chi connectivity index (χ0v) is 14.7. The van der Waals surface area contributed by atoms with E-state index in [-0.39, 0.29) is 23.7 Å². The highest BCUT2D eigenvalue weighted by Gasteiger charge is 2.24. The Balaban J connectivity index is 0.00000400. The van der Waals surface area contributed by atoms with Gasteiger partial charge in [0, 0.05) is 25.4 Å². The van der Waals surface area contributed by atoms with Crippen LogP contribution in [0.25, 0.3) is 0 Å². The Morgan fingerprint density at radius 2 is 1.81 bits per heavy atom. The van der Waals surface area contributed by atoms with Crippen LogP contribution in [0.3, 0.4) is 0 Å². The summed E-state index contributed by atoms with van der Waals surface area (Å²) >= 11 is 0. The third kappa shape index (κ3) is 6.49. The molecule has 0 aliphatic rings. The molecule has 0 heterocycles. The average Bonchev–Trinajstić information content (AvgIpc) is 2.38. The van der Waals surface area contributed by atoms with Gasteiger partial charge in [0.1, 0.15) is 0 Å². The first kappa shape index (κ1) is 19.9. The minimum Gasteiger partial charge on any atom is -0.345 e. The molecule has 1 rings (SSSR count). The highest BCUT2D eigenvalue weighted by molar-refractivity contribution is 5.85. The molecule has 0 aromatic heterocycles. The Morgan fingerprint density at radius 3 is 2.33 bits per heavy atom. The molecule has 0 unspecified atom stereocenters. The summed E-state index contributed by atoms with van der Waals surface area (Å²) in [6.07, 6.45) is 1.51. The SMILES string of the molecule is CNCCCC(=O)N(C)CC(C)(C)c1ccc(C)cc1.Cl. The molecule has 3 nitrogen and oxygen atoms in total. The molecule has 1 amide bonds. The van der Waals surface area contributed by atoms with Crippen LogP contribution < -0.4 is 5.32 Å². The van der Waals surface area contributed by atoms with E-state index in [9.17, 15) is 4.79 Å². The monoisotopic (exact) mass is 312 g/mol. The number of hydrogen-bond donors (Lipinski definition) is 1. The fraction of sp³-hybridized carbons (Fsp3) is 0.588. The second-order valence-corrected chi connectivity index (χ2v) is 6.21. The van der Waals surface area contributed by atoms with E-state index in [2.05, 4.69) is 50.4 Å². The summed E-state index contributed by atoms with van der Waals surface area (Å²) in [5.41, 5.74) is 2.51. The van der Waals surface area contributed by atoms with Crippen LogP contribution in [0, 0.1) is 6.92 Å². The van der Waals surface area contributed by atoms with Crippen LogP contribution in [-0.4, -0.2) is 38.0 Å². The van der Waals surface area contributed by atoms with Gasteiger partial charge >= 0.3 is 0 Å². The van der Waals surface area contributed by atoms with Crippen molar-refractivity contribution in [3.8, 4) is 0 Å². The minimum absolute atomic E-state index is 0. The maximum Gasteiger partial charge on any atom is 0.222 e. The lowest BCUT2D eigenvalue weighted by Gasteiger charge is -2.31. The van der Waals surface area contributed by atoms with Gasteiger partial charge in [-0.05, 0) is 32.5 Å². The standard InChI is InChI=1S/C17H28N2O.ClH/c1-14-8-10-15(11-9-14)17(2,3)13-19(5)16(20)7-6-12-18-4;/h8-11,18H,6-7,12-13H2,1-5H3;1H. The topological polar surface area (TPSA) is 32.3 Å². The van der Waals surface area contributed by atoms with Gasteiger partial charge in [0.15, 0.2) is 0 Å². The number of carbonyl (C=O) groups is 1. The molecule has 4 heteroatoms. The summed E-state index contributed by atoms with van der Waals surface area (Å²) in [6, 6.07) is 8.58. The third-order valence-corrected chi connectivity index (χ3v) is 3.71. The Morgan fingerprint density at radius 1 is 1.24 bits per heavy atom. The largest absolute Gasteiger partial charge is 0.345 e. The van der Waals surface area contributed by atoms with Gasteiger partial charge < -0.3 is 10.2 Å². The predicted octanol–water partition coefficient (Wildman–Crippen LogP) is 3.15. The first-order valence-corrected chi connectivity index (χ1v) is 7.32. The molecule has 0 saturated heterocycles. The van der Waals surface area contributed by atoms with Gasteiger partial charge in [-0.2, -0.15) is 0 Å². The molecule has 1 aromatic rings. The van der Waals surface area contributed by atoms with E-state index in [0.717, 1.165) is 19.5 Å². The molecule has 120 valence electrons. The summed E-state index contributed by atoms with van der Waals surface area (Å²) in [5, 5.41) is 3.07. The van der Waals surface area contributed by atoms with Crippen molar-refractivity contribution >= 4 is 18.3 Å². The number of amides is 1. The van der Waals surface area contributed by atoms with E-state index in [1.54, 1.807) is 0 Å². The summed E-state index contributed by atoms with van der Waals surface area (Å²) in [6.45, 7) is 8.10. The van der Waals surface area contributed by atoms with Crippen LogP contribution in [0.4, 0.5) is 0 Å². The van der Waals surface area contributed by atoms with Crippen molar-refractivity contribution in [2.45, 2.75) is 39.0 Å². The van der Waals surface area contributed by atoms with Gasteiger partial charge in [-0.25, -0.2) is 0 Å². The summed E-state index contributed by atoms with van der Waals surface area (Å²) in [4.78, 5) is 13.9. The smallest absolute Gasteiger partial charge is 0.222 e. The van der Waals surface area contributed by atoms with Crippen LogP contribution >= 0.6 is 12.4 Å². The van der Waals surface area contributed by atoms with Crippen molar-refractivity contribution < 1.29 is 4.79 Å². The summed E-state index contributed by atoms with van der Waals surface area (Å²) in [5.74, 6) is 0.223. The van der Waals surface area contributed by atoms with Gasteiger partial charge in [0.25, 0.3) is 0 Å². The van der Waals surface area contributed by atoms with Gasteiger partial charge in [-0.1, -0.05) is 43.7 Å². The number of benzene rings is 1. The number of nitrogens with zero attached hydrogens (tertiary/aromatic N) is 1. The number of rotatable bonds is 7. The number of nitrogens with one attached hydrogen (secondary N) is 1. The van der Waals surface area contributed by atoms with Crippen molar-refractivity contribution in [1.29, 1.82) is 0 Å². The molecule has 0 saturated carbocycles. The fourth-order valence-electron chi connectivity index (χ4n) is 2.38. The number of aryl methyl sites for hydroxylation is 1. The fourth-order valence-corrected chi connectivity index (χ4v) is 2.38. The lowest BCUT2D eigenvalue weighted by molar-refractivity contribution is -0.130. The van der Waals surface area contributed by atoms with Crippen molar-refractivity contribution in [2.75, 3.05) is 27.2 Å². The predicted molar refractivity (Wildman–Crippen MR) is 92.3 cm³/mol. The molecule has 0 bridgehead atoms. The van der Waals surface area contributed by atoms with E-state index in [1.165, 1.54) is 11.1 Å². The molecule has 0 aliphatic heterocycles. The molecule has 1 aromatic carbocycles. The van der Waals surface area contributed by atoms with Crippen molar-refractivity contribution in [1.82, 2.24) is 10.2 Å². The van der Waals surface area contributed by atoms with Gasteiger partial charge in [0.05, 0.1) is 0 Å². The highest BCUT2D eigenvalue weighted by Crippen LogP contribution is 2.24. The Bertz CT molecular complexity index is 429. The molecule has 0 fully saturated rings. The molecular weight excluding hydrogens is 284 g/mol. The van der Waals surface area contributed by atoms with E-state index in [0.29, 0.717) is 6.42 Å². The van der Waals surface area contributed by atoms with Crippen molar-refractivity contribution in [3.05, 3.63) is 35.4 Å². The van der Waals surface area contributed by atoms with Gasteiger partial charge in [-0.15, -0.1) is 12.4 Å². The van der Waals surface area contributed by atoms with E-state index in [1.807, 2.05) is 19.0 Å². The van der Waals surface area contributed by atoms with E-state index < -0.39 is 0 Å². The van der Waals surface area contributed by atoms with Gasteiger partial charge in [0.2, 0.25) is 5.91 Å². The van der Waals surface area contributed by atoms with E-state index >= 15 is 0 Å². The Labute approximate surface area is 135 Å². The average molecular weight is 313 g/mol. The second kappa shape index (κ2) is 9.06. The van der Waals surface area contributed by atoms with Crippen molar-refractivity contribution in [3.63, 3.8) is 0 Å². The number of likely N-dealkylation sites (N-methyl/N-ethyl adjacent to an activating group) is 1. The zero-order valence-electron chi connectivity index (χ0n) is 13.9. The molecular formula is C17H29ClN2O. The second-order valence-electron chi connectivity index (χ2n) is 6.21. The first-order valence-electron chi connectivity index (χ1n) is 7.32. The number of carbonyl (C=O) groups excluding carboxylic acids is 1. The highest BCUT2D eigenvalue weighted by atomic mass is 35.5. The molecule has 0 spiro atoms. The molecule has 0 radical (unpaired) electrons. The normalized spacial score (nSPS) is 10.9. The first-order chi connectivity index (χ1) is 9.36. The van der Waals surface area contributed by atoms with E-state index in [4.69, 9.17) is 0 Å². The molecule has 21 heavy (non-hydrogen) atoms. The zero-order chi connectivity index (χ0) is 15.2. The van der Waals surface area contributed by atoms with Crippen LogP contribution in [-0.2, 0) is 10.2 Å². The van der Waals surface area contributed by atoms with Crippen LogP contribution in [0.1, 0.15) is 37.8 Å². The molecule has 0 aliphatic carbocycles. The van der Waals surface area contributed by atoms with Gasteiger partial charge in [-0.3, -0.25) is 4.79 Å². The maximum absolute atomic E-state index is 12.1. The quantitative estimate of drug-likeness (QED) is 0.784. The van der Waals surface area contributed by atoms with Crippen molar-refractivity contribution in [2.24, 2.45) is 0 Å². The summed E-state index contributed by atoms with van der Waals surface area (Å²) < 4.78 is 0. The number of halogens is 1. The summed E-state index contributed by atoms with van der Waals surface area (Å²) in [7, 11) is 3.81. The lowest BCUT2D eigenvalue weighted by atomic mass is 9.84. The van der Waals surface area contributed by atoms with Crippen LogP contribution in [0.2, 0.25) is 0 Å². The molecule has 0 atom stereocenters. The molecule has 1 N–H and O–H groups in total. The number of hydrogen-bond acceptors (Lipinski definition) is 2. The lowest BCUT2D eigenvalue weighted by Crippen LogP contribution is -2.38. The van der Waals surface area contributed by atoms with Crippen LogP contribution in [0.15, 0.2) is 24.3 Å². The minimum atomic E-state index is -0.0267. The Kier molecular flexibility index (Phi) is 8.60. The maximum atomic E-state index is 12.1. The Hall–Kier alpha value is -1.06.